The lowest BCUT2D eigenvalue weighted by Crippen LogP contribution is -2.06. The van der Waals surface area contributed by atoms with Crippen LogP contribution in [0, 0.1) is 0 Å². The van der Waals surface area contributed by atoms with Crippen molar-refractivity contribution >= 4 is 56.4 Å². The first-order valence-electron chi connectivity index (χ1n) is 8.54. The molecule has 0 amide bonds. The molecule has 3 aromatic carbocycles. The molecule has 0 saturated heterocycles. The standard InChI is InChI=1S/C21H17BrCl3NO3/c1-28-19-7-6-15(22)14(10-26-13-8-17(24)20(27)18(25)9-13)21(19)29-11-12-4-2-3-5-16(12)23/h2-9,26-27H,10-11H2,1H3. The number of ether oxygens (including phenoxy) is 2. The molecule has 0 bridgehead atoms. The van der Waals surface area contributed by atoms with E-state index in [0.29, 0.717) is 28.8 Å². The van der Waals surface area contributed by atoms with Gasteiger partial charge < -0.3 is 19.9 Å². The van der Waals surface area contributed by atoms with Gasteiger partial charge in [0.15, 0.2) is 17.2 Å². The maximum atomic E-state index is 9.73. The number of aromatic hydroxyl groups is 1. The highest BCUT2D eigenvalue weighted by atomic mass is 79.9. The van der Waals surface area contributed by atoms with E-state index in [-0.39, 0.29) is 22.4 Å². The van der Waals surface area contributed by atoms with Gasteiger partial charge in [-0.3, -0.25) is 0 Å². The van der Waals surface area contributed by atoms with Gasteiger partial charge in [-0.1, -0.05) is 68.9 Å². The van der Waals surface area contributed by atoms with E-state index in [2.05, 4.69) is 21.2 Å². The van der Waals surface area contributed by atoms with Crippen molar-refractivity contribution in [3.05, 3.63) is 79.2 Å². The third kappa shape index (κ3) is 5.23. The van der Waals surface area contributed by atoms with Crippen LogP contribution >= 0.6 is 50.7 Å². The molecule has 0 heterocycles. The van der Waals surface area contributed by atoms with Crippen molar-refractivity contribution in [2.45, 2.75) is 13.2 Å². The molecule has 0 aliphatic heterocycles. The number of rotatable bonds is 7. The van der Waals surface area contributed by atoms with Gasteiger partial charge in [0.05, 0.1) is 17.2 Å². The van der Waals surface area contributed by atoms with Gasteiger partial charge in [0.25, 0.3) is 0 Å². The zero-order valence-corrected chi connectivity index (χ0v) is 19.2. The molecule has 29 heavy (non-hydrogen) atoms. The monoisotopic (exact) mass is 515 g/mol. The summed E-state index contributed by atoms with van der Waals surface area (Å²) in [5, 5.41) is 13.9. The molecule has 0 atom stereocenters. The summed E-state index contributed by atoms with van der Waals surface area (Å²) in [6, 6.07) is 14.4. The number of nitrogens with one attached hydrogen (secondary N) is 1. The number of benzene rings is 3. The number of phenolic OH excluding ortho intramolecular Hbond substituents is 1. The second kappa shape index (κ2) is 9.81. The van der Waals surface area contributed by atoms with E-state index in [1.54, 1.807) is 19.2 Å². The van der Waals surface area contributed by atoms with Gasteiger partial charge >= 0.3 is 0 Å². The van der Waals surface area contributed by atoms with Crippen molar-refractivity contribution in [1.82, 2.24) is 0 Å². The Morgan fingerprint density at radius 3 is 2.34 bits per heavy atom. The van der Waals surface area contributed by atoms with Gasteiger partial charge in [-0.15, -0.1) is 0 Å². The molecule has 0 aliphatic carbocycles. The van der Waals surface area contributed by atoms with E-state index in [4.69, 9.17) is 44.3 Å². The molecule has 3 aromatic rings. The second-order valence-corrected chi connectivity index (χ2v) is 8.16. The Kier molecular flexibility index (Phi) is 7.41. The molecule has 0 unspecified atom stereocenters. The molecule has 0 saturated carbocycles. The van der Waals surface area contributed by atoms with Crippen molar-refractivity contribution in [2.24, 2.45) is 0 Å². The highest BCUT2D eigenvalue weighted by Crippen LogP contribution is 2.39. The van der Waals surface area contributed by atoms with Crippen LogP contribution in [0.4, 0.5) is 5.69 Å². The molecule has 0 aromatic heterocycles. The number of anilines is 1. The predicted octanol–water partition coefficient (Wildman–Crippen LogP) is 7.31. The van der Waals surface area contributed by atoms with Crippen LogP contribution in [0.25, 0.3) is 0 Å². The number of halogens is 4. The summed E-state index contributed by atoms with van der Waals surface area (Å²) in [5.74, 6) is 1.04. The lowest BCUT2D eigenvalue weighted by molar-refractivity contribution is 0.281. The summed E-state index contributed by atoms with van der Waals surface area (Å²) in [4.78, 5) is 0. The van der Waals surface area contributed by atoms with Crippen LogP contribution < -0.4 is 14.8 Å². The van der Waals surface area contributed by atoms with Crippen LogP contribution in [-0.4, -0.2) is 12.2 Å². The summed E-state index contributed by atoms with van der Waals surface area (Å²) in [6.45, 7) is 0.684. The highest BCUT2D eigenvalue weighted by molar-refractivity contribution is 9.10. The fraction of sp³-hybridized carbons (Fsp3) is 0.143. The smallest absolute Gasteiger partial charge is 0.167 e. The van der Waals surface area contributed by atoms with Crippen molar-refractivity contribution in [3.63, 3.8) is 0 Å². The Labute approximate surface area is 192 Å². The maximum absolute atomic E-state index is 9.73. The van der Waals surface area contributed by atoms with E-state index in [9.17, 15) is 5.11 Å². The van der Waals surface area contributed by atoms with Crippen LogP contribution in [-0.2, 0) is 13.2 Å². The molecule has 2 N–H and O–H groups in total. The van der Waals surface area contributed by atoms with Gasteiger partial charge in [-0.25, -0.2) is 0 Å². The quantitative estimate of drug-likeness (QED) is 0.323. The Hall–Kier alpha value is -1.79. The third-order valence-corrected chi connectivity index (χ3v) is 5.89. The topological polar surface area (TPSA) is 50.7 Å². The third-order valence-electron chi connectivity index (χ3n) is 4.20. The minimum Gasteiger partial charge on any atom is -0.505 e. The zero-order valence-electron chi connectivity index (χ0n) is 15.3. The fourth-order valence-electron chi connectivity index (χ4n) is 2.69. The normalized spacial score (nSPS) is 10.7. The van der Waals surface area contributed by atoms with E-state index in [1.165, 1.54) is 0 Å². The van der Waals surface area contributed by atoms with Crippen LogP contribution in [0.15, 0.2) is 53.0 Å². The molecule has 0 aliphatic rings. The zero-order chi connectivity index (χ0) is 21.0. The first kappa shape index (κ1) is 21.9. The van der Waals surface area contributed by atoms with Crippen molar-refractivity contribution < 1.29 is 14.6 Å². The minimum atomic E-state index is -0.148. The molecular formula is C21H17BrCl3NO3. The number of phenols is 1. The largest absolute Gasteiger partial charge is 0.505 e. The maximum Gasteiger partial charge on any atom is 0.167 e. The molecule has 0 spiro atoms. The summed E-state index contributed by atoms with van der Waals surface area (Å²) in [5.41, 5.74) is 2.37. The first-order valence-corrected chi connectivity index (χ1v) is 10.5. The highest BCUT2D eigenvalue weighted by Gasteiger charge is 2.16. The van der Waals surface area contributed by atoms with E-state index in [0.717, 1.165) is 15.6 Å². The minimum absolute atomic E-state index is 0.148. The molecular weight excluding hydrogens is 500 g/mol. The van der Waals surface area contributed by atoms with Crippen molar-refractivity contribution in [2.75, 3.05) is 12.4 Å². The summed E-state index contributed by atoms with van der Waals surface area (Å²) in [7, 11) is 1.59. The Balaban J connectivity index is 1.86. The molecule has 0 fully saturated rings. The Morgan fingerprint density at radius 2 is 1.69 bits per heavy atom. The van der Waals surface area contributed by atoms with Crippen LogP contribution in [0.1, 0.15) is 11.1 Å². The molecule has 3 rings (SSSR count). The van der Waals surface area contributed by atoms with E-state index >= 15 is 0 Å². The first-order chi connectivity index (χ1) is 13.9. The predicted molar refractivity (Wildman–Crippen MR) is 122 cm³/mol. The average molecular weight is 518 g/mol. The molecule has 4 nitrogen and oxygen atoms in total. The SMILES string of the molecule is COc1ccc(Br)c(CNc2cc(Cl)c(O)c(Cl)c2)c1OCc1ccccc1Cl. The van der Waals surface area contributed by atoms with Crippen LogP contribution in [0.2, 0.25) is 15.1 Å². The summed E-state index contributed by atoms with van der Waals surface area (Å²) < 4.78 is 12.4. The van der Waals surface area contributed by atoms with Crippen LogP contribution in [0.3, 0.4) is 0 Å². The number of methoxy groups -OCH3 is 1. The second-order valence-electron chi connectivity index (χ2n) is 6.08. The van der Waals surface area contributed by atoms with Gasteiger partial charge in [0.1, 0.15) is 6.61 Å². The average Bonchev–Trinajstić information content (AvgIpc) is 2.70. The Morgan fingerprint density at radius 1 is 1.00 bits per heavy atom. The summed E-state index contributed by atoms with van der Waals surface area (Å²) in [6.07, 6.45) is 0. The fourth-order valence-corrected chi connectivity index (χ4v) is 3.82. The van der Waals surface area contributed by atoms with Crippen molar-refractivity contribution in [1.29, 1.82) is 0 Å². The molecule has 0 radical (unpaired) electrons. The van der Waals surface area contributed by atoms with Gasteiger partial charge in [0, 0.05) is 32.9 Å². The summed E-state index contributed by atoms with van der Waals surface area (Å²) >= 11 is 21.8. The van der Waals surface area contributed by atoms with Gasteiger partial charge in [0.2, 0.25) is 0 Å². The van der Waals surface area contributed by atoms with Crippen molar-refractivity contribution in [3.8, 4) is 17.2 Å². The number of hydrogen-bond acceptors (Lipinski definition) is 4. The Bertz CT molecular complexity index is 1010. The molecule has 8 heteroatoms. The van der Waals surface area contributed by atoms with Gasteiger partial charge in [-0.05, 0) is 30.3 Å². The lowest BCUT2D eigenvalue weighted by atomic mass is 10.1. The van der Waals surface area contributed by atoms with E-state index in [1.807, 2.05) is 36.4 Å². The van der Waals surface area contributed by atoms with Crippen LogP contribution in [0.5, 0.6) is 17.2 Å². The van der Waals surface area contributed by atoms with Gasteiger partial charge in [-0.2, -0.15) is 0 Å². The lowest BCUT2D eigenvalue weighted by Gasteiger charge is -2.18. The van der Waals surface area contributed by atoms with E-state index < -0.39 is 0 Å². The molecule has 152 valence electrons. The number of hydrogen-bond donors (Lipinski definition) is 2.